The Bertz CT molecular complexity index is 794. The van der Waals surface area contributed by atoms with Gasteiger partial charge in [0, 0.05) is 24.8 Å². The minimum Gasteiger partial charge on any atom is -0.494 e. The smallest absolute Gasteiger partial charge is 0.219 e. The summed E-state index contributed by atoms with van der Waals surface area (Å²) in [6.45, 7) is 6.06. The molecule has 0 radical (unpaired) electrons. The van der Waals surface area contributed by atoms with Crippen LogP contribution in [0.3, 0.4) is 0 Å². The van der Waals surface area contributed by atoms with Gasteiger partial charge in [0.1, 0.15) is 11.5 Å². The van der Waals surface area contributed by atoms with E-state index in [9.17, 15) is 0 Å². The Morgan fingerprint density at radius 1 is 1.11 bits per heavy atom. The molecule has 2 N–H and O–H groups in total. The topological polar surface area (TPSA) is 67.8 Å². The number of rotatable bonds is 8. The standard InChI is InChI=1S/C22H28N4O2/c1-3-23-22(26-18-7-5-6-8-18)25-16-17-13-14-24-21(15-17)28-20-11-9-19(10-12-20)27-4-2/h5-6,9-15,18H,3-4,7-8,16H2,1-2H3,(H2,23,25,26). The third kappa shape index (κ3) is 6.01. The second-order valence-electron chi connectivity index (χ2n) is 6.49. The molecular weight excluding hydrogens is 352 g/mol. The quantitative estimate of drug-likeness (QED) is 0.411. The van der Waals surface area contributed by atoms with Crippen molar-refractivity contribution in [3.63, 3.8) is 0 Å². The first-order valence-corrected chi connectivity index (χ1v) is 9.82. The van der Waals surface area contributed by atoms with Gasteiger partial charge >= 0.3 is 0 Å². The number of pyridine rings is 1. The summed E-state index contributed by atoms with van der Waals surface area (Å²) >= 11 is 0. The lowest BCUT2D eigenvalue weighted by atomic mass is 10.2. The summed E-state index contributed by atoms with van der Waals surface area (Å²) in [5.41, 5.74) is 1.04. The molecule has 1 aliphatic rings. The van der Waals surface area contributed by atoms with Crippen molar-refractivity contribution < 1.29 is 9.47 Å². The lowest BCUT2D eigenvalue weighted by Gasteiger charge is -2.16. The summed E-state index contributed by atoms with van der Waals surface area (Å²) in [5, 5.41) is 6.78. The number of benzene rings is 1. The van der Waals surface area contributed by atoms with E-state index in [2.05, 4.69) is 34.7 Å². The summed E-state index contributed by atoms with van der Waals surface area (Å²) in [4.78, 5) is 8.99. The third-order valence-corrected chi connectivity index (χ3v) is 4.27. The van der Waals surface area contributed by atoms with Crippen LogP contribution in [0.2, 0.25) is 0 Å². The highest BCUT2D eigenvalue weighted by atomic mass is 16.5. The average molecular weight is 380 g/mol. The van der Waals surface area contributed by atoms with E-state index < -0.39 is 0 Å². The Morgan fingerprint density at radius 3 is 2.57 bits per heavy atom. The van der Waals surface area contributed by atoms with E-state index in [1.807, 2.05) is 43.3 Å². The molecule has 0 atom stereocenters. The van der Waals surface area contributed by atoms with Gasteiger partial charge in [-0.05, 0) is 62.6 Å². The SMILES string of the molecule is CCNC(=NCc1ccnc(Oc2ccc(OCC)cc2)c1)NC1CC=CC1. The van der Waals surface area contributed by atoms with Gasteiger partial charge in [0.15, 0.2) is 5.96 Å². The van der Waals surface area contributed by atoms with Crippen molar-refractivity contribution in [2.45, 2.75) is 39.3 Å². The largest absolute Gasteiger partial charge is 0.494 e. The molecule has 6 heteroatoms. The maximum atomic E-state index is 5.86. The van der Waals surface area contributed by atoms with Crippen LogP contribution in [0.15, 0.2) is 59.7 Å². The van der Waals surface area contributed by atoms with Crippen molar-refractivity contribution >= 4 is 5.96 Å². The molecule has 0 saturated heterocycles. The minimum absolute atomic E-state index is 0.425. The van der Waals surface area contributed by atoms with Crippen LogP contribution in [0.1, 0.15) is 32.3 Å². The van der Waals surface area contributed by atoms with Crippen molar-refractivity contribution in [1.29, 1.82) is 0 Å². The Balaban J connectivity index is 1.61. The van der Waals surface area contributed by atoms with E-state index in [1.165, 1.54) is 0 Å². The van der Waals surface area contributed by atoms with Gasteiger partial charge in [0.2, 0.25) is 5.88 Å². The van der Waals surface area contributed by atoms with Crippen molar-refractivity contribution in [2.24, 2.45) is 4.99 Å². The van der Waals surface area contributed by atoms with Crippen LogP contribution >= 0.6 is 0 Å². The van der Waals surface area contributed by atoms with E-state index in [-0.39, 0.29) is 0 Å². The van der Waals surface area contributed by atoms with Crippen LogP contribution in [-0.4, -0.2) is 30.1 Å². The molecule has 28 heavy (non-hydrogen) atoms. The molecular formula is C22H28N4O2. The van der Waals surface area contributed by atoms with Crippen LogP contribution in [0.5, 0.6) is 17.4 Å². The van der Waals surface area contributed by atoms with Gasteiger partial charge in [0.25, 0.3) is 0 Å². The molecule has 2 aromatic rings. The van der Waals surface area contributed by atoms with Crippen LogP contribution in [0.4, 0.5) is 0 Å². The van der Waals surface area contributed by atoms with Crippen molar-refractivity contribution in [2.75, 3.05) is 13.2 Å². The van der Waals surface area contributed by atoms with E-state index in [4.69, 9.17) is 14.5 Å². The lowest BCUT2D eigenvalue weighted by molar-refractivity contribution is 0.339. The Morgan fingerprint density at radius 2 is 1.86 bits per heavy atom. The van der Waals surface area contributed by atoms with Gasteiger partial charge in [0.05, 0.1) is 13.2 Å². The fourth-order valence-electron chi connectivity index (χ4n) is 2.91. The predicted molar refractivity (Wildman–Crippen MR) is 112 cm³/mol. The van der Waals surface area contributed by atoms with Crippen LogP contribution in [-0.2, 0) is 6.54 Å². The molecule has 0 aliphatic heterocycles. The fraction of sp³-hybridized carbons (Fsp3) is 0.364. The molecule has 1 aromatic carbocycles. The Labute approximate surface area is 166 Å². The zero-order valence-electron chi connectivity index (χ0n) is 16.5. The number of aromatic nitrogens is 1. The molecule has 1 aromatic heterocycles. The van der Waals surface area contributed by atoms with Crippen molar-refractivity contribution in [1.82, 2.24) is 15.6 Å². The number of guanidine groups is 1. The molecule has 0 amide bonds. The molecule has 3 rings (SSSR count). The van der Waals surface area contributed by atoms with Crippen LogP contribution in [0.25, 0.3) is 0 Å². The first-order chi connectivity index (χ1) is 13.8. The fourth-order valence-corrected chi connectivity index (χ4v) is 2.91. The van der Waals surface area contributed by atoms with Crippen molar-refractivity contribution in [3.8, 4) is 17.4 Å². The van der Waals surface area contributed by atoms with E-state index in [1.54, 1.807) is 6.20 Å². The van der Waals surface area contributed by atoms with E-state index in [0.29, 0.717) is 25.1 Å². The predicted octanol–water partition coefficient (Wildman–Crippen LogP) is 4.05. The third-order valence-electron chi connectivity index (χ3n) is 4.27. The summed E-state index contributed by atoms with van der Waals surface area (Å²) < 4.78 is 11.3. The maximum Gasteiger partial charge on any atom is 0.219 e. The number of nitrogens with zero attached hydrogens (tertiary/aromatic N) is 2. The Kier molecular flexibility index (Phi) is 7.29. The summed E-state index contributed by atoms with van der Waals surface area (Å²) in [6.07, 6.45) is 8.23. The van der Waals surface area contributed by atoms with Gasteiger partial charge in [-0.15, -0.1) is 0 Å². The van der Waals surface area contributed by atoms with Gasteiger partial charge in [-0.25, -0.2) is 9.98 Å². The number of hydrogen-bond acceptors (Lipinski definition) is 4. The van der Waals surface area contributed by atoms with Crippen molar-refractivity contribution in [3.05, 3.63) is 60.3 Å². The highest BCUT2D eigenvalue weighted by molar-refractivity contribution is 5.80. The summed E-state index contributed by atoms with van der Waals surface area (Å²) in [6, 6.07) is 11.8. The second-order valence-corrected chi connectivity index (χ2v) is 6.49. The van der Waals surface area contributed by atoms with E-state index >= 15 is 0 Å². The zero-order valence-corrected chi connectivity index (χ0v) is 16.5. The molecule has 1 heterocycles. The van der Waals surface area contributed by atoms with Gasteiger partial charge in [-0.2, -0.15) is 0 Å². The first kappa shape index (κ1) is 19.7. The summed E-state index contributed by atoms with van der Waals surface area (Å²) in [5.74, 6) is 2.93. The second kappa shape index (κ2) is 10.3. The molecule has 6 nitrogen and oxygen atoms in total. The molecule has 0 spiro atoms. The molecule has 148 valence electrons. The number of aliphatic imine (C=N–C) groups is 1. The normalized spacial score (nSPS) is 14.1. The number of hydrogen-bond donors (Lipinski definition) is 2. The average Bonchev–Trinajstić information content (AvgIpc) is 3.22. The number of nitrogens with one attached hydrogen (secondary N) is 2. The molecule has 0 fully saturated rings. The van der Waals surface area contributed by atoms with Gasteiger partial charge < -0.3 is 20.1 Å². The molecule has 0 bridgehead atoms. The molecule has 0 unspecified atom stereocenters. The Hall–Kier alpha value is -3.02. The lowest BCUT2D eigenvalue weighted by Crippen LogP contribution is -2.42. The first-order valence-electron chi connectivity index (χ1n) is 9.82. The summed E-state index contributed by atoms with van der Waals surface area (Å²) in [7, 11) is 0. The van der Waals surface area contributed by atoms with E-state index in [0.717, 1.165) is 42.4 Å². The highest BCUT2D eigenvalue weighted by Crippen LogP contribution is 2.23. The monoisotopic (exact) mass is 380 g/mol. The number of ether oxygens (including phenoxy) is 2. The minimum atomic E-state index is 0.425. The van der Waals surface area contributed by atoms with Gasteiger partial charge in [-0.3, -0.25) is 0 Å². The highest BCUT2D eigenvalue weighted by Gasteiger charge is 2.11. The zero-order chi connectivity index (χ0) is 19.6. The van der Waals surface area contributed by atoms with Crippen LogP contribution in [0, 0.1) is 0 Å². The molecule has 1 aliphatic carbocycles. The maximum absolute atomic E-state index is 5.86. The van der Waals surface area contributed by atoms with Gasteiger partial charge in [-0.1, -0.05) is 12.2 Å². The molecule has 0 saturated carbocycles. The van der Waals surface area contributed by atoms with Crippen LogP contribution < -0.4 is 20.1 Å².